The Labute approximate surface area is 388 Å². The Hall–Kier alpha value is -4.70. The van der Waals surface area contributed by atoms with E-state index in [1.54, 1.807) is 88.4 Å². The number of carbonyl (C=O) groups excluding carboxylic acids is 6. The first-order chi connectivity index (χ1) is 31.3. The molecular weight excluding hydrogens is 865 g/mol. The fourth-order valence-corrected chi connectivity index (χ4v) is 14.9. The van der Waals surface area contributed by atoms with Gasteiger partial charge in [0.25, 0.3) is 0 Å². The normalized spacial score (nSPS) is 31.7. The quantitative estimate of drug-likeness (QED) is 0.0475. The van der Waals surface area contributed by atoms with Gasteiger partial charge in [-0.1, -0.05) is 90.3 Å². The molecule has 0 unspecified atom stereocenters. The van der Waals surface area contributed by atoms with Crippen molar-refractivity contribution in [2.24, 2.45) is 22.7 Å². The van der Waals surface area contributed by atoms with E-state index < -0.39 is 109 Å². The first-order valence-corrected chi connectivity index (χ1v) is 26.2. The number of hydrogen-bond donors (Lipinski definition) is 1. The molecule has 2 aromatic carbocycles. The van der Waals surface area contributed by atoms with E-state index in [0.717, 1.165) is 19.3 Å². The summed E-state index contributed by atoms with van der Waals surface area (Å²) >= 11 is 0. The van der Waals surface area contributed by atoms with Crippen molar-refractivity contribution in [2.45, 2.75) is 167 Å². The summed E-state index contributed by atoms with van der Waals surface area (Å²) in [7, 11) is -2.64. The predicted octanol–water partition coefficient (Wildman–Crippen LogP) is 8.43. The Balaban J connectivity index is 1.47. The molecule has 1 heterocycles. The van der Waals surface area contributed by atoms with Crippen molar-refractivity contribution in [1.82, 2.24) is 0 Å². The molecule has 14 nitrogen and oxygen atoms in total. The zero-order valence-electron chi connectivity index (χ0n) is 39.6. The molecule has 0 radical (unpaired) electrons. The van der Waals surface area contributed by atoms with Crippen LogP contribution < -0.4 is 4.74 Å². The maximum atomic E-state index is 16.5. The molecule has 0 aromatic heterocycles. The van der Waals surface area contributed by atoms with E-state index in [1.165, 1.54) is 6.92 Å². The van der Waals surface area contributed by atoms with Gasteiger partial charge in [-0.05, 0) is 80.2 Å². The third-order valence-electron chi connectivity index (χ3n) is 16.0. The summed E-state index contributed by atoms with van der Waals surface area (Å²) in [6.07, 6.45) is -4.58. The average molecular weight is 931 g/mol. The van der Waals surface area contributed by atoms with Gasteiger partial charge in [0.2, 0.25) is 0 Å². The first kappa shape index (κ1) is 49.2. The molecule has 0 amide bonds. The SMILES string of the molecule is CC[Si](CC)(CC)O[C@H]1C[C@H]2OC[C@@]2(OC(C)=O)[C@H]2[C@H](OC(=O)c3ccccc3)[C@]3(O)C[C@H](OC(=O)CC(=O)C4CCCCC4)C(C)=C([C@@H](OC(=O)Oc4ccccc4)C(=O)[C@]12C)C3(C)C. The smallest absolute Gasteiger partial charge is 0.457 e. The van der Waals surface area contributed by atoms with Crippen LogP contribution in [0.2, 0.25) is 18.1 Å². The molecule has 2 aromatic rings. The van der Waals surface area contributed by atoms with Gasteiger partial charge in [0.15, 0.2) is 25.8 Å². The molecule has 1 N–H and O–H groups in total. The van der Waals surface area contributed by atoms with Crippen molar-refractivity contribution >= 4 is 43.9 Å². The highest BCUT2D eigenvalue weighted by molar-refractivity contribution is 6.73. The molecule has 358 valence electrons. The minimum absolute atomic E-state index is 0.0798. The van der Waals surface area contributed by atoms with E-state index in [2.05, 4.69) is 20.8 Å². The lowest BCUT2D eigenvalue weighted by molar-refractivity contribution is -0.344. The van der Waals surface area contributed by atoms with Gasteiger partial charge in [-0.3, -0.25) is 19.2 Å². The summed E-state index contributed by atoms with van der Waals surface area (Å²) in [6.45, 7) is 13.8. The van der Waals surface area contributed by atoms with Gasteiger partial charge in [0.05, 0.1) is 29.6 Å². The number of ether oxygens (including phenoxy) is 6. The average Bonchev–Trinajstić information content (AvgIpc) is 3.29. The van der Waals surface area contributed by atoms with Crippen LogP contribution in [0.15, 0.2) is 71.8 Å². The molecule has 15 heteroatoms. The molecule has 66 heavy (non-hydrogen) atoms. The number of esters is 3. The molecule has 4 fully saturated rings. The van der Waals surface area contributed by atoms with Gasteiger partial charge in [0, 0.05) is 31.1 Å². The maximum Gasteiger partial charge on any atom is 0.514 e. The number of Topliss-reactive ketones (excluding diaryl/α,β-unsaturated/α-hetero) is 2. The number of ketones is 2. The van der Waals surface area contributed by atoms with Crippen LogP contribution in [-0.2, 0) is 47.3 Å². The summed E-state index contributed by atoms with van der Waals surface area (Å²) < 4.78 is 44.8. The Morgan fingerprint density at radius 3 is 2.05 bits per heavy atom. The first-order valence-electron chi connectivity index (χ1n) is 23.7. The molecular formula is C51H66O14Si. The van der Waals surface area contributed by atoms with E-state index in [4.69, 9.17) is 32.8 Å². The Bertz CT molecular complexity index is 2190. The molecule has 2 bridgehead atoms. The molecule has 9 atom stereocenters. The summed E-state index contributed by atoms with van der Waals surface area (Å²) in [5.74, 6) is -4.84. The van der Waals surface area contributed by atoms with Crippen molar-refractivity contribution in [2.75, 3.05) is 6.61 Å². The van der Waals surface area contributed by atoms with Gasteiger partial charge in [-0.25, -0.2) is 9.59 Å². The second kappa shape index (κ2) is 19.1. The lowest BCUT2D eigenvalue weighted by Crippen LogP contribution is -2.82. The Kier molecular flexibility index (Phi) is 14.3. The summed E-state index contributed by atoms with van der Waals surface area (Å²) in [6, 6.07) is 18.5. The van der Waals surface area contributed by atoms with Crippen molar-refractivity contribution in [3.8, 4) is 5.75 Å². The van der Waals surface area contributed by atoms with Crippen LogP contribution in [0.1, 0.15) is 117 Å². The highest BCUT2D eigenvalue weighted by atomic mass is 28.4. The zero-order chi connectivity index (χ0) is 47.8. The number of rotatable bonds is 14. The molecule has 5 aliphatic rings. The number of para-hydroxylation sites is 1. The van der Waals surface area contributed by atoms with Gasteiger partial charge in [-0.2, -0.15) is 0 Å². The van der Waals surface area contributed by atoms with Crippen LogP contribution in [0.5, 0.6) is 5.75 Å². The Morgan fingerprint density at radius 2 is 1.47 bits per heavy atom. The van der Waals surface area contributed by atoms with Crippen molar-refractivity contribution in [3.05, 3.63) is 77.4 Å². The molecule has 4 aliphatic carbocycles. The topological polar surface area (TPSA) is 187 Å². The molecule has 1 aliphatic heterocycles. The lowest BCUT2D eigenvalue weighted by atomic mass is 9.44. The third-order valence-corrected chi connectivity index (χ3v) is 20.7. The molecule has 7 rings (SSSR count). The van der Waals surface area contributed by atoms with Crippen LogP contribution >= 0.6 is 0 Å². The van der Waals surface area contributed by atoms with Crippen LogP contribution in [0, 0.1) is 22.7 Å². The zero-order valence-corrected chi connectivity index (χ0v) is 40.6. The lowest BCUT2D eigenvalue weighted by Gasteiger charge is -2.68. The van der Waals surface area contributed by atoms with Gasteiger partial charge in [0.1, 0.15) is 41.9 Å². The van der Waals surface area contributed by atoms with Crippen LogP contribution in [0.4, 0.5) is 4.79 Å². The van der Waals surface area contributed by atoms with Gasteiger partial charge < -0.3 is 38.0 Å². The number of aliphatic hydroxyl groups is 1. The third kappa shape index (κ3) is 8.69. The van der Waals surface area contributed by atoms with E-state index >= 15 is 4.79 Å². The second-order valence-corrected chi connectivity index (χ2v) is 24.4. The number of fused-ring (bicyclic) bond motifs is 5. The largest absolute Gasteiger partial charge is 0.514 e. The molecule has 0 spiro atoms. The monoisotopic (exact) mass is 930 g/mol. The summed E-state index contributed by atoms with van der Waals surface area (Å²) in [4.78, 5) is 86.1. The van der Waals surface area contributed by atoms with E-state index in [1.807, 2.05) is 0 Å². The van der Waals surface area contributed by atoms with Crippen molar-refractivity contribution in [3.63, 3.8) is 0 Å². The maximum absolute atomic E-state index is 16.5. The fraction of sp³-hybridized carbons (Fsp3) is 0.608. The highest BCUT2D eigenvalue weighted by Crippen LogP contribution is 2.65. The van der Waals surface area contributed by atoms with E-state index in [9.17, 15) is 29.1 Å². The van der Waals surface area contributed by atoms with Gasteiger partial charge in [-0.15, -0.1) is 0 Å². The van der Waals surface area contributed by atoms with Gasteiger partial charge >= 0.3 is 24.1 Å². The molecule has 1 saturated heterocycles. The number of carbonyl (C=O) groups is 6. The number of hydrogen-bond acceptors (Lipinski definition) is 14. The number of benzene rings is 2. The molecule has 3 saturated carbocycles. The Morgan fingerprint density at radius 1 is 0.848 bits per heavy atom. The summed E-state index contributed by atoms with van der Waals surface area (Å²) in [5, 5.41) is 14.1. The van der Waals surface area contributed by atoms with E-state index in [0.29, 0.717) is 36.5 Å². The highest BCUT2D eigenvalue weighted by Gasteiger charge is 2.79. The van der Waals surface area contributed by atoms with E-state index in [-0.39, 0.29) is 41.6 Å². The fourth-order valence-electron chi connectivity index (χ4n) is 11.9. The minimum atomic E-state index is -2.64. The van der Waals surface area contributed by atoms with Crippen LogP contribution in [-0.4, -0.2) is 97.4 Å². The van der Waals surface area contributed by atoms with Crippen molar-refractivity contribution in [1.29, 1.82) is 0 Å². The standard InChI is InChI=1S/C51H66O14Si/c1-9-66(10-2,11-3)65-38-28-39-50(30-59-39,64-32(5)52)43-45(63-46(56)34-23-17-13-18-24-34)51(58)29-37(61-40(54)27-36(53)33-21-15-12-16-22-33)31(4)41(48(51,6)7)42(44(55)49(38,43)8)62-47(57)60-35-25-19-14-20-26-35/h13-14,17-20,23-26,33,37-39,42-43,45,58H,9-12,15-16,21-22,27-30H2,1-8H3/t37-,38-,39+,42+,43-,45-,49+,50-,51+/m0/s1. The second-order valence-electron chi connectivity index (χ2n) is 19.7. The predicted molar refractivity (Wildman–Crippen MR) is 243 cm³/mol. The van der Waals surface area contributed by atoms with Crippen molar-refractivity contribution < 1.29 is 66.7 Å². The minimum Gasteiger partial charge on any atom is -0.457 e. The van der Waals surface area contributed by atoms with Crippen LogP contribution in [0.3, 0.4) is 0 Å². The van der Waals surface area contributed by atoms with Crippen LogP contribution in [0.25, 0.3) is 0 Å². The summed E-state index contributed by atoms with van der Waals surface area (Å²) in [5.41, 5.74) is -6.90.